The second-order valence-electron chi connectivity index (χ2n) is 12.1. The molecule has 6 bridgehead atoms. The van der Waals surface area contributed by atoms with Crippen molar-refractivity contribution < 1.29 is 23.7 Å². The number of rotatable bonds is 3. The first-order chi connectivity index (χ1) is 24.9. The standard InChI is InChI=1S/C35H35N9O7/c1-47-25-10-9-20-15-26(25)48-12-4-5-14-50-29-17-23-31(42-35(46)43(23)18-20)33(40-29)39-27-8-2-3-13-49-28-16-22-30(32(36)38-28)41-34(45)44(22)19-21-24(51-27)7-6-11-37-21/h4-7,9-11,15-17,27H,2-3,8,12-14,18-19H2,1H3,(H2,36,38)(H,39,40)(H,41,45)(H,42,46)/b5-4+. The van der Waals surface area contributed by atoms with Crippen LogP contribution in [0.15, 0.2) is 70.4 Å². The molecule has 0 amide bonds. The van der Waals surface area contributed by atoms with Crippen LogP contribution in [0.3, 0.4) is 0 Å². The molecule has 7 heterocycles. The number of nitrogen functional groups attached to an aromatic ring is 1. The molecule has 8 rings (SSSR count). The van der Waals surface area contributed by atoms with Gasteiger partial charge in [0.05, 0.1) is 37.8 Å². The van der Waals surface area contributed by atoms with Crippen LogP contribution in [-0.4, -0.2) is 67.2 Å². The van der Waals surface area contributed by atoms with Crippen LogP contribution in [0.4, 0.5) is 11.6 Å². The Labute approximate surface area is 289 Å². The van der Waals surface area contributed by atoms with Crippen molar-refractivity contribution in [1.29, 1.82) is 0 Å². The van der Waals surface area contributed by atoms with E-state index in [1.54, 1.807) is 42.1 Å². The van der Waals surface area contributed by atoms with Gasteiger partial charge in [-0.3, -0.25) is 14.1 Å². The molecule has 16 nitrogen and oxygen atoms in total. The number of aromatic amines is 2. The fourth-order valence-electron chi connectivity index (χ4n) is 6.24. The monoisotopic (exact) mass is 693 g/mol. The zero-order chi connectivity index (χ0) is 34.9. The topological polar surface area (TPSA) is 198 Å². The molecule has 0 radical (unpaired) electrons. The first-order valence-electron chi connectivity index (χ1n) is 16.5. The summed E-state index contributed by atoms with van der Waals surface area (Å²) in [5.74, 6) is 2.82. The third-order valence-electron chi connectivity index (χ3n) is 8.75. The zero-order valence-electron chi connectivity index (χ0n) is 27.7. The fourth-order valence-corrected chi connectivity index (χ4v) is 6.24. The van der Waals surface area contributed by atoms with Crippen LogP contribution >= 0.6 is 0 Å². The first kappa shape index (κ1) is 31.8. The highest BCUT2D eigenvalue weighted by Crippen LogP contribution is 2.31. The van der Waals surface area contributed by atoms with E-state index in [1.807, 2.05) is 30.4 Å². The van der Waals surface area contributed by atoms with Gasteiger partial charge in [-0.2, -0.15) is 9.97 Å². The third kappa shape index (κ3) is 6.38. The highest BCUT2D eigenvalue weighted by molar-refractivity contribution is 5.87. The number of nitrogens with two attached hydrogens (primary N) is 1. The van der Waals surface area contributed by atoms with Gasteiger partial charge in [0.2, 0.25) is 11.8 Å². The summed E-state index contributed by atoms with van der Waals surface area (Å²) in [6, 6.07) is 12.6. The van der Waals surface area contributed by atoms with Crippen LogP contribution < -0.4 is 46.1 Å². The minimum Gasteiger partial charge on any atom is -0.493 e. The molecule has 1 aromatic carbocycles. The summed E-state index contributed by atoms with van der Waals surface area (Å²) in [7, 11) is 1.58. The highest BCUT2D eigenvalue weighted by Gasteiger charge is 2.22. The number of benzene rings is 1. The van der Waals surface area contributed by atoms with Crippen LogP contribution in [0.25, 0.3) is 22.1 Å². The predicted molar refractivity (Wildman–Crippen MR) is 188 cm³/mol. The molecule has 2 aliphatic rings. The van der Waals surface area contributed by atoms with Gasteiger partial charge in [0, 0.05) is 24.8 Å². The summed E-state index contributed by atoms with van der Waals surface area (Å²) in [6.07, 6.45) is 6.59. The average Bonchev–Trinajstić information content (AvgIpc) is 3.61. The lowest BCUT2D eigenvalue weighted by molar-refractivity contribution is 0.205. The summed E-state index contributed by atoms with van der Waals surface area (Å²) in [6.45, 7) is 1.24. The van der Waals surface area contributed by atoms with Crippen molar-refractivity contribution in [3.63, 3.8) is 0 Å². The van der Waals surface area contributed by atoms with Gasteiger partial charge < -0.3 is 44.7 Å². The summed E-state index contributed by atoms with van der Waals surface area (Å²) in [5.41, 5.74) is 8.88. The summed E-state index contributed by atoms with van der Waals surface area (Å²) in [5, 5.41) is 3.43. The van der Waals surface area contributed by atoms with Gasteiger partial charge in [-0.1, -0.05) is 6.07 Å². The van der Waals surface area contributed by atoms with E-state index in [0.29, 0.717) is 95.1 Å². The number of ether oxygens (including phenoxy) is 5. The largest absolute Gasteiger partial charge is 0.493 e. The average molecular weight is 694 g/mol. The van der Waals surface area contributed by atoms with Gasteiger partial charge >= 0.3 is 11.4 Å². The van der Waals surface area contributed by atoms with Crippen LogP contribution in [0.2, 0.25) is 0 Å². The van der Waals surface area contributed by atoms with Crippen molar-refractivity contribution >= 4 is 33.7 Å². The number of hydrogen-bond acceptors (Lipinski definition) is 12. The van der Waals surface area contributed by atoms with Crippen molar-refractivity contribution in [2.45, 2.75) is 38.6 Å². The molecule has 6 aromatic rings. The number of nitrogens with one attached hydrogen (secondary N) is 3. The molecular formula is C35H35N9O7. The number of anilines is 2. The second kappa shape index (κ2) is 13.5. The van der Waals surface area contributed by atoms with Crippen molar-refractivity contribution in [2.75, 3.05) is 38.0 Å². The summed E-state index contributed by atoms with van der Waals surface area (Å²) < 4.78 is 33.1. The van der Waals surface area contributed by atoms with Gasteiger partial charge in [0.15, 0.2) is 29.4 Å². The minimum atomic E-state index is -0.630. The Morgan fingerprint density at radius 1 is 0.882 bits per heavy atom. The number of nitrogens with zero attached hydrogens (tertiary/aromatic N) is 5. The van der Waals surface area contributed by atoms with E-state index < -0.39 is 6.23 Å². The Bertz CT molecular complexity index is 2390. The number of methoxy groups -OCH3 is 1. The third-order valence-corrected chi connectivity index (χ3v) is 8.75. The van der Waals surface area contributed by atoms with Gasteiger partial charge in [-0.15, -0.1) is 0 Å². The quantitative estimate of drug-likeness (QED) is 0.197. The van der Waals surface area contributed by atoms with Crippen LogP contribution in [-0.2, 0) is 13.1 Å². The van der Waals surface area contributed by atoms with Gasteiger partial charge in [-0.25, -0.2) is 9.59 Å². The maximum atomic E-state index is 13.5. The molecule has 0 fully saturated rings. The van der Waals surface area contributed by atoms with Crippen LogP contribution in [0, 0.1) is 0 Å². The number of fused-ring (bicyclic) bond motifs is 5. The zero-order valence-corrected chi connectivity index (χ0v) is 27.7. The number of H-pyrrole nitrogens is 2. The SMILES string of the molecule is COc1ccc2cc1OC/C=C/COc1cc3c([nH]c(=O)n3C2)c(NC2CCCCOc3cc4c([nH]c(=O)n4Cc4ncccc4O2)c(N)n3)n1. The molecule has 16 heteroatoms. The Kier molecular flexibility index (Phi) is 8.39. The van der Waals surface area contributed by atoms with E-state index in [0.717, 1.165) is 5.56 Å². The molecule has 5 aromatic heterocycles. The van der Waals surface area contributed by atoms with E-state index >= 15 is 0 Å². The summed E-state index contributed by atoms with van der Waals surface area (Å²) >= 11 is 0. The molecule has 1 atom stereocenters. The number of imidazole rings is 2. The Morgan fingerprint density at radius 3 is 2.49 bits per heavy atom. The summed E-state index contributed by atoms with van der Waals surface area (Å²) in [4.78, 5) is 46.0. The van der Waals surface area contributed by atoms with Gasteiger partial charge in [0.1, 0.15) is 35.7 Å². The molecule has 0 spiro atoms. The molecule has 0 saturated carbocycles. The maximum absolute atomic E-state index is 13.5. The van der Waals surface area contributed by atoms with E-state index in [-0.39, 0.29) is 36.9 Å². The van der Waals surface area contributed by atoms with Crippen LogP contribution in [0.1, 0.15) is 30.5 Å². The van der Waals surface area contributed by atoms with E-state index in [2.05, 4.69) is 25.3 Å². The highest BCUT2D eigenvalue weighted by atomic mass is 16.5. The van der Waals surface area contributed by atoms with Crippen molar-refractivity contribution in [3.05, 3.63) is 93.0 Å². The number of hydrogen-bond donors (Lipinski definition) is 4. The number of aromatic nitrogens is 7. The van der Waals surface area contributed by atoms with E-state index in [1.165, 1.54) is 4.57 Å². The molecule has 5 N–H and O–H groups in total. The molecule has 0 aliphatic carbocycles. The smallest absolute Gasteiger partial charge is 0.326 e. The Hall–Kier alpha value is -6.45. The fraction of sp³-hybridized carbons (Fsp3) is 0.286. The lowest BCUT2D eigenvalue weighted by Gasteiger charge is -2.23. The molecule has 1 unspecified atom stereocenters. The minimum absolute atomic E-state index is 0.0955. The lowest BCUT2D eigenvalue weighted by atomic mass is 10.2. The predicted octanol–water partition coefficient (Wildman–Crippen LogP) is 3.55. The Balaban J connectivity index is 1.17. The first-order valence-corrected chi connectivity index (χ1v) is 16.5. The number of pyridine rings is 3. The molecule has 0 saturated heterocycles. The second-order valence-corrected chi connectivity index (χ2v) is 12.1. The lowest BCUT2D eigenvalue weighted by Crippen LogP contribution is -2.28. The van der Waals surface area contributed by atoms with Crippen molar-refractivity contribution in [1.82, 2.24) is 34.1 Å². The van der Waals surface area contributed by atoms with E-state index in [4.69, 9.17) is 34.4 Å². The molecule has 262 valence electrons. The van der Waals surface area contributed by atoms with Crippen molar-refractivity contribution in [2.24, 2.45) is 0 Å². The maximum Gasteiger partial charge on any atom is 0.326 e. The van der Waals surface area contributed by atoms with Gasteiger partial charge in [-0.05, 0) is 54.8 Å². The van der Waals surface area contributed by atoms with Crippen molar-refractivity contribution in [3.8, 4) is 29.0 Å². The normalized spacial score (nSPS) is 16.9. The van der Waals surface area contributed by atoms with Crippen LogP contribution in [0.5, 0.6) is 29.0 Å². The van der Waals surface area contributed by atoms with Gasteiger partial charge in [0.25, 0.3) is 0 Å². The molecule has 2 aliphatic heterocycles. The van der Waals surface area contributed by atoms with E-state index in [9.17, 15) is 9.59 Å². The molecule has 51 heavy (non-hydrogen) atoms. The Morgan fingerprint density at radius 2 is 1.65 bits per heavy atom. The molecular weight excluding hydrogens is 658 g/mol.